The van der Waals surface area contributed by atoms with Crippen LogP contribution in [-0.4, -0.2) is 26.3 Å². The standard InChI is InChI=1S/C24H20N4OS/c1-15-7-5-11-18-16(2)13-21-26-27-24(28(21)23(15)18)30-14-22(29)25-20-12-6-9-17-8-3-4-10-19(17)20/h3-13H,14H2,1-2H3,(H,25,29). The summed E-state index contributed by atoms with van der Waals surface area (Å²) in [5.74, 6) is 0.187. The number of aromatic nitrogens is 3. The topological polar surface area (TPSA) is 59.3 Å². The molecule has 0 atom stereocenters. The summed E-state index contributed by atoms with van der Waals surface area (Å²) >= 11 is 1.40. The molecule has 2 aromatic heterocycles. The fourth-order valence-corrected chi connectivity index (χ4v) is 4.62. The molecule has 2 heterocycles. The van der Waals surface area contributed by atoms with Crippen LogP contribution in [0.25, 0.3) is 27.3 Å². The van der Waals surface area contributed by atoms with E-state index in [1.54, 1.807) is 0 Å². The normalized spacial score (nSPS) is 11.4. The Morgan fingerprint density at radius 1 is 0.933 bits per heavy atom. The maximum atomic E-state index is 12.7. The number of aryl methyl sites for hydroxylation is 2. The molecule has 148 valence electrons. The van der Waals surface area contributed by atoms with Gasteiger partial charge in [0, 0.05) is 16.5 Å². The smallest absolute Gasteiger partial charge is 0.234 e. The van der Waals surface area contributed by atoms with Crippen LogP contribution >= 0.6 is 11.8 Å². The molecule has 0 saturated heterocycles. The average molecular weight is 413 g/mol. The van der Waals surface area contributed by atoms with E-state index in [0.29, 0.717) is 0 Å². The number of benzene rings is 3. The van der Waals surface area contributed by atoms with E-state index in [9.17, 15) is 4.79 Å². The molecular formula is C24H20N4OS. The molecule has 0 aliphatic heterocycles. The van der Waals surface area contributed by atoms with Crippen LogP contribution in [0, 0.1) is 13.8 Å². The third-order valence-corrected chi connectivity index (χ3v) is 6.22. The van der Waals surface area contributed by atoms with Crippen molar-refractivity contribution in [2.24, 2.45) is 0 Å². The molecule has 1 amide bonds. The summed E-state index contributed by atoms with van der Waals surface area (Å²) in [6.07, 6.45) is 0. The lowest BCUT2D eigenvalue weighted by Gasteiger charge is -2.10. The first kappa shape index (κ1) is 18.6. The summed E-state index contributed by atoms with van der Waals surface area (Å²) in [6, 6.07) is 22.2. The van der Waals surface area contributed by atoms with E-state index >= 15 is 0 Å². The lowest BCUT2D eigenvalue weighted by Crippen LogP contribution is -2.14. The molecule has 0 unspecified atom stereocenters. The number of nitrogens with zero attached hydrogens (tertiary/aromatic N) is 3. The first-order chi connectivity index (χ1) is 14.6. The first-order valence-electron chi connectivity index (χ1n) is 9.76. The number of anilines is 1. The number of carbonyl (C=O) groups is 1. The zero-order valence-corrected chi connectivity index (χ0v) is 17.5. The monoisotopic (exact) mass is 412 g/mol. The molecule has 0 aliphatic carbocycles. The summed E-state index contributed by atoms with van der Waals surface area (Å²) in [5.41, 5.74) is 5.03. The molecule has 0 aliphatic rings. The molecule has 0 spiro atoms. The van der Waals surface area contributed by atoms with Gasteiger partial charge in [-0.2, -0.15) is 0 Å². The van der Waals surface area contributed by atoms with Crippen molar-refractivity contribution in [2.45, 2.75) is 19.0 Å². The van der Waals surface area contributed by atoms with Crippen LogP contribution in [0.3, 0.4) is 0 Å². The van der Waals surface area contributed by atoms with Gasteiger partial charge in [0.2, 0.25) is 5.91 Å². The quantitative estimate of drug-likeness (QED) is 0.403. The summed E-state index contributed by atoms with van der Waals surface area (Å²) in [4.78, 5) is 12.7. The van der Waals surface area contributed by atoms with Crippen molar-refractivity contribution in [2.75, 3.05) is 11.1 Å². The molecule has 0 bridgehead atoms. The second-order valence-corrected chi connectivity index (χ2v) is 8.28. The maximum Gasteiger partial charge on any atom is 0.234 e. The molecule has 3 aromatic carbocycles. The lowest BCUT2D eigenvalue weighted by molar-refractivity contribution is -0.113. The fraction of sp³-hybridized carbons (Fsp3) is 0.125. The number of rotatable bonds is 4. The highest BCUT2D eigenvalue weighted by atomic mass is 32.2. The summed E-state index contributed by atoms with van der Waals surface area (Å²) in [5, 5.41) is 15.7. The number of para-hydroxylation sites is 1. The zero-order chi connectivity index (χ0) is 20.7. The van der Waals surface area contributed by atoms with Crippen LogP contribution in [-0.2, 0) is 4.79 Å². The third kappa shape index (κ3) is 3.19. The molecule has 5 rings (SSSR count). The van der Waals surface area contributed by atoms with Gasteiger partial charge in [-0.25, -0.2) is 0 Å². The van der Waals surface area contributed by atoms with Crippen LogP contribution < -0.4 is 5.32 Å². The number of hydrogen-bond donors (Lipinski definition) is 1. The number of fused-ring (bicyclic) bond motifs is 4. The Bertz CT molecular complexity index is 1420. The minimum atomic E-state index is -0.0683. The minimum absolute atomic E-state index is 0.0683. The number of pyridine rings is 1. The largest absolute Gasteiger partial charge is 0.325 e. The fourth-order valence-electron chi connectivity index (χ4n) is 3.87. The zero-order valence-electron chi connectivity index (χ0n) is 16.7. The van der Waals surface area contributed by atoms with Crippen LogP contribution in [0.2, 0.25) is 0 Å². The van der Waals surface area contributed by atoms with Crippen molar-refractivity contribution >= 4 is 50.7 Å². The molecule has 0 fully saturated rings. The molecule has 0 saturated carbocycles. The Morgan fingerprint density at radius 2 is 1.70 bits per heavy atom. The molecule has 0 radical (unpaired) electrons. The van der Waals surface area contributed by atoms with Crippen LogP contribution in [0.15, 0.2) is 71.9 Å². The van der Waals surface area contributed by atoms with E-state index < -0.39 is 0 Å². The van der Waals surface area contributed by atoms with Gasteiger partial charge in [0.05, 0.1) is 11.3 Å². The number of carbonyl (C=O) groups excluding carboxylic acids is 1. The van der Waals surface area contributed by atoms with Crippen molar-refractivity contribution < 1.29 is 4.79 Å². The Hall–Kier alpha value is -3.38. The molecular weight excluding hydrogens is 392 g/mol. The van der Waals surface area contributed by atoms with Gasteiger partial charge in [0.25, 0.3) is 0 Å². The SMILES string of the molecule is Cc1cc2nnc(SCC(=O)Nc3cccc4ccccc34)n2c2c(C)cccc12. The van der Waals surface area contributed by atoms with Crippen LogP contribution in [0.4, 0.5) is 5.69 Å². The van der Waals surface area contributed by atoms with Gasteiger partial charge in [-0.3, -0.25) is 9.20 Å². The molecule has 5 aromatic rings. The number of nitrogens with one attached hydrogen (secondary N) is 1. The van der Waals surface area contributed by atoms with Gasteiger partial charge in [-0.15, -0.1) is 10.2 Å². The van der Waals surface area contributed by atoms with E-state index in [-0.39, 0.29) is 11.7 Å². The Labute approximate surface area is 178 Å². The van der Waals surface area contributed by atoms with E-state index in [2.05, 4.69) is 47.6 Å². The summed E-state index contributed by atoms with van der Waals surface area (Å²) in [6.45, 7) is 4.17. The minimum Gasteiger partial charge on any atom is -0.325 e. The molecule has 30 heavy (non-hydrogen) atoms. The highest BCUT2D eigenvalue weighted by Gasteiger charge is 2.15. The van der Waals surface area contributed by atoms with Gasteiger partial charge in [-0.05, 0) is 42.5 Å². The second-order valence-electron chi connectivity index (χ2n) is 7.34. The van der Waals surface area contributed by atoms with E-state index in [4.69, 9.17) is 0 Å². The molecule has 6 heteroatoms. The van der Waals surface area contributed by atoms with Crippen LogP contribution in [0.5, 0.6) is 0 Å². The van der Waals surface area contributed by atoms with E-state index in [0.717, 1.165) is 38.3 Å². The van der Waals surface area contributed by atoms with Gasteiger partial charge in [0.15, 0.2) is 10.8 Å². The van der Waals surface area contributed by atoms with Crippen molar-refractivity contribution in [1.29, 1.82) is 0 Å². The third-order valence-electron chi connectivity index (χ3n) is 5.29. The first-order valence-corrected chi connectivity index (χ1v) is 10.7. The van der Waals surface area contributed by atoms with Crippen LogP contribution in [0.1, 0.15) is 11.1 Å². The Balaban J connectivity index is 1.43. The van der Waals surface area contributed by atoms with E-state index in [1.165, 1.54) is 22.7 Å². The number of hydrogen-bond acceptors (Lipinski definition) is 4. The number of thioether (sulfide) groups is 1. The Morgan fingerprint density at radius 3 is 2.60 bits per heavy atom. The highest BCUT2D eigenvalue weighted by molar-refractivity contribution is 7.99. The Kier molecular flexibility index (Phi) is 4.64. The van der Waals surface area contributed by atoms with Gasteiger partial charge in [0.1, 0.15) is 0 Å². The predicted octanol–water partition coefficient (Wildman–Crippen LogP) is 5.38. The highest BCUT2D eigenvalue weighted by Crippen LogP contribution is 2.28. The van der Waals surface area contributed by atoms with Crippen molar-refractivity contribution in [3.8, 4) is 0 Å². The second kappa shape index (κ2) is 7.46. The van der Waals surface area contributed by atoms with Gasteiger partial charge in [-0.1, -0.05) is 66.4 Å². The van der Waals surface area contributed by atoms with Gasteiger partial charge < -0.3 is 5.32 Å². The van der Waals surface area contributed by atoms with E-state index in [1.807, 2.05) is 52.9 Å². The molecule has 5 nitrogen and oxygen atoms in total. The van der Waals surface area contributed by atoms with Crippen molar-refractivity contribution in [1.82, 2.24) is 14.6 Å². The molecule has 1 N–H and O–H groups in total. The summed E-state index contributed by atoms with van der Waals surface area (Å²) < 4.78 is 2.05. The van der Waals surface area contributed by atoms with Crippen molar-refractivity contribution in [3.05, 3.63) is 77.9 Å². The van der Waals surface area contributed by atoms with Crippen molar-refractivity contribution in [3.63, 3.8) is 0 Å². The average Bonchev–Trinajstić information content (AvgIpc) is 3.15. The van der Waals surface area contributed by atoms with Gasteiger partial charge >= 0.3 is 0 Å². The number of amides is 1. The lowest BCUT2D eigenvalue weighted by atomic mass is 10.1. The predicted molar refractivity (Wildman–Crippen MR) is 123 cm³/mol. The summed E-state index contributed by atoms with van der Waals surface area (Å²) in [7, 11) is 0. The maximum absolute atomic E-state index is 12.7.